The number of rotatable bonds is 4. The van der Waals surface area contributed by atoms with Crippen LogP contribution in [0.2, 0.25) is 0 Å². The first-order valence-electron chi connectivity index (χ1n) is 13.1. The van der Waals surface area contributed by atoms with Gasteiger partial charge in [-0.25, -0.2) is 0 Å². The molecule has 202 valence electrons. The molecule has 5 aromatic carbocycles. The third kappa shape index (κ3) is 4.94. The summed E-state index contributed by atoms with van der Waals surface area (Å²) in [6.45, 7) is 0. The molecule has 7 aromatic rings. The predicted octanol–water partition coefficient (Wildman–Crippen LogP) is 7.90. The first-order valence-corrected chi connectivity index (χ1v) is 13.1. The summed E-state index contributed by atoms with van der Waals surface area (Å²) in [6.07, 6.45) is 1.78. The number of phenols is 1. The van der Waals surface area contributed by atoms with Crippen molar-refractivity contribution in [3.8, 4) is 39.5 Å². The molecule has 2 heterocycles. The van der Waals surface area contributed by atoms with E-state index in [1.807, 2.05) is 74.8 Å². The van der Waals surface area contributed by atoms with E-state index in [1.165, 1.54) is 0 Å². The Kier molecular flexibility index (Phi) is 6.98. The average molecular weight is 713 g/mol. The molecule has 0 aliphatic heterocycles. The molecule has 0 saturated heterocycles. The van der Waals surface area contributed by atoms with Crippen LogP contribution in [0.15, 0.2) is 109 Å². The molecule has 0 aliphatic carbocycles. The quantitative estimate of drug-likeness (QED) is 0.149. The van der Waals surface area contributed by atoms with Crippen molar-refractivity contribution in [2.45, 2.75) is 0 Å². The second-order valence-corrected chi connectivity index (χ2v) is 10.2. The average Bonchev–Trinajstić information content (AvgIpc) is 2.99. The largest absolute Gasteiger partial charge is 0.507 e. The summed E-state index contributed by atoms with van der Waals surface area (Å²) in [5, 5.41) is 26.2. The van der Waals surface area contributed by atoms with Gasteiger partial charge in [0.25, 0.3) is 0 Å². The van der Waals surface area contributed by atoms with Crippen molar-refractivity contribution in [2.24, 2.45) is 0 Å². The zero-order valence-electron chi connectivity index (χ0n) is 22.4. The van der Waals surface area contributed by atoms with Gasteiger partial charge < -0.3 is 10.0 Å². The van der Waals surface area contributed by atoms with Gasteiger partial charge in [0.15, 0.2) is 0 Å². The van der Waals surface area contributed by atoms with Gasteiger partial charge in [-0.15, -0.1) is 18.2 Å². The van der Waals surface area contributed by atoms with E-state index in [0.29, 0.717) is 11.3 Å². The Bertz CT molecular complexity index is 2070. The zero-order valence-corrected chi connectivity index (χ0v) is 24.7. The standard InChI is InChI=1S/C35H25N4O.Pt/c1-39(2)29-17-27(16-28(18-29)35-30-11-6-5-10-24(30)21-36-38-35)32-12-7-13-33(37-32)31-19-25-14-22-8-3-4-9-23(22)15-26(25)20-34(31)40;/h3-15,17-21,40H,1-2H3;/q-1;. The molecule has 0 spiro atoms. The van der Waals surface area contributed by atoms with Crippen molar-refractivity contribution in [1.82, 2.24) is 15.2 Å². The molecule has 5 nitrogen and oxygen atoms in total. The van der Waals surface area contributed by atoms with E-state index in [4.69, 9.17) is 4.98 Å². The Labute approximate surface area is 252 Å². The van der Waals surface area contributed by atoms with Gasteiger partial charge in [-0.2, -0.15) is 10.2 Å². The third-order valence-corrected chi connectivity index (χ3v) is 7.32. The van der Waals surface area contributed by atoms with Crippen molar-refractivity contribution < 1.29 is 26.2 Å². The third-order valence-electron chi connectivity index (χ3n) is 7.32. The van der Waals surface area contributed by atoms with E-state index < -0.39 is 0 Å². The number of nitrogens with zero attached hydrogens (tertiary/aromatic N) is 4. The molecular formula is C35H25N4OPt-. The van der Waals surface area contributed by atoms with E-state index in [-0.39, 0.29) is 26.8 Å². The van der Waals surface area contributed by atoms with Crippen LogP contribution in [0.5, 0.6) is 5.75 Å². The predicted molar refractivity (Wildman–Crippen MR) is 163 cm³/mol. The minimum Gasteiger partial charge on any atom is -0.507 e. The molecule has 6 heteroatoms. The summed E-state index contributed by atoms with van der Waals surface area (Å²) in [7, 11) is 4.02. The van der Waals surface area contributed by atoms with E-state index in [1.54, 1.807) is 6.20 Å². The fraction of sp³-hybridized carbons (Fsp3) is 0.0571. The van der Waals surface area contributed by atoms with Crippen molar-refractivity contribution >= 4 is 38.0 Å². The van der Waals surface area contributed by atoms with E-state index in [9.17, 15) is 5.11 Å². The van der Waals surface area contributed by atoms with Gasteiger partial charge in [0.1, 0.15) is 5.75 Å². The Morgan fingerprint density at radius 1 is 0.659 bits per heavy atom. The van der Waals surface area contributed by atoms with E-state index in [2.05, 4.69) is 63.6 Å². The van der Waals surface area contributed by atoms with E-state index in [0.717, 1.165) is 60.5 Å². The number of hydrogen-bond acceptors (Lipinski definition) is 5. The number of anilines is 1. The number of fused-ring (bicyclic) bond motifs is 3. The van der Waals surface area contributed by atoms with Crippen LogP contribution < -0.4 is 4.90 Å². The summed E-state index contributed by atoms with van der Waals surface area (Å²) in [5.41, 5.74) is 5.61. The van der Waals surface area contributed by atoms with Crippen LogP contribution in [-0.4, -0.2) is 34.4 Å². The molecule has 0 amide bonds. The maximum atomic E-state index is 11.0. The molecule has 0 bridgehead atoms. The summed E-state index contributed by atoms with van der Waals surface area (Å²) < 4.78 is 0. The molecule has 0 aliphatic rings. The number of phenolic OH excluding ortho intramolecular Hbond substituents is 1. The fourth-order valence-corrected chi connectivity index (χ4v) is 5.23. The smallest absolute Gasteiger partial charge is 0.125 e. The Hall–Kier alpha value is -4.60. The van der Waals surface area contributed by atoms with Gasteiger partial charge in [-0.3, -0.25) is 4.98 Å². The molecule has 7 rings (SSSR count). The summed E-state index contributed by atoms with van der Waals surface area (Å²) in [6, 6.07) is 38.0. The van der Waals surface area contributed by atoms with Gasteiger partial charge in [0.2, 0.25) is 0 Å². The van der Waals surface area contributed by atoms with Gasteiger partial charge in [-0.05, 0) is 68.3 Å². The van der Waals surface area contributed by atoms with Crippen LogP contribution in [0, 0.1) is 6.07 Å². The molecule has 1 N–H and O–H groups in total. The Balaban J connectivity index is 0.00000302. The molecule has 0 radical (unpaired) electrons. The van der Waals surface area contributed by atoms with Gasteiger partial charge >= 0.3 is 0 Å². The summed E-state index contributed by atoms with van der Waals surface area (Å²) in [5.74, 6) is 0.199. The number of benzene rings is 5. The SMILES string of the molecule is CN(C)c1cc(-c2cccc(-c3cc4cc5ccccc5cc4cc3O)n2)[c-]c(-c2nncc3ccccc23)c1.[Pt]. The molecule has 0 unspecified atom stereocenters. The first-order chi connectivity index (χ1) is 19.5. The topological polar surface area (TPSA) is 62.1 Å². The van der Waals surface area contributed by atoms with Gasteiger partial charge in [0, 0.05) is 52.1 Å². The molecule has 0 saturated carbocycles. The number of aromatic nitrogens is 3. The van der Waals surface area contributed by atoms with Crippen molar-refractivity contribution in [1.29, 1.82) is 0 Å². The van der Waals surface area contributed by atoms with Crippen LogP contribution >= 0.6 is 0 Å². The maximum Gasteiger partial charge on any atom is 0.125 e. The number of hydrogen-bond donors (Lipinski definition) is 1. The minimum absolute atomic E-state index is 0. The summed E-state index contributed by atoms with van der Waals surface area (Å²) >= 11 is 0. The molecular weight excluding hydrogens is 687 g/mol. The second kappa shape index (κ2) is 10.8. The second-order valence-electron chi connectivity index (χ2n) is 10.2. The Morgan fingerprint density at radius 2 is 1.32 bits per heavy atom. The van der Waals surface area contributed by atoms with E-state index >= 15 is 0 Å². The van der Waals surface area contributed by atoms with Crippen molar-refractivity contribution in [3.63, 3.8) is 0 Å². The Morgan fingerprint density at radius 3 is 2.07 bits per heavy atom. The molecule has 0 atom stereocenters. The van der Waals surface area contributed by atoms with Crippen LogP contribution in [0.1, 0.15) is 0 Å². The zero-order chi connectivity index (χ0) is 27.2. The fourth-order valence-electron chi connectivity index (χ4n) is 5.23. The van der Waals surface area contributed by atoms with Gasteiger partial charge in [0.05, 0.1) is 11.9 Å². The molecule has 2 aromatic heterocycles. The number of aromatic hydroxyl groups is 1. The molecule has 0 fully saturated rings. The normalized spacial score (nSPS) is 11.1. The van der Waals surface area contributed by atoms with Crippen molar-refractivity contribution in [3.05, 3.63) is 115 Å². The van der Waals surface area contributed by atoms with Crippen molar-refractivity contribution in [2.75, 3.05) is 19.0 Å². The van der Waals surface area contributed by atoms with Gasteiger partial charge in [-0.1, -0.05) is 71.8 Å². The number of pyridine rings is 1. The summed E-state index contributed by atoms with van der Waals surface area (Å²) in [4.78, 5) is 7.05. The van der Waals surface area contributed by atoms with Crippen LogP contribution in [0.25, 0.3) is 66.1 Å². The maximum absolute atomic E-state index is 11.0. The monoisotopic (exact) mass is 712 g/mol. The minimum atomic E-state index is 0. The van der Waals surface area contributed by atoms with Crippen LogP contribution in [0.4, 0.5) is 5.69 Å². The molecule has 41 heavy (non-hydrogen) atoms. The van der Waals surface area contributed by atoms with Crippen LogP contribution in [-0.2, 0) is 21.1 Å². The first kappa shape index (κ1) is 26.6. The van der Waals surface area contributed by atoms with Crippen LogP contribution in [0.3, 0.4) is 0 Å².